The van der Waals surface area contributed by atoms with Crippen molar-refractivity contribution in [2.75, 3.05) is 11.6 Å². The minimum absolute atomic E-state index is 0.0606. The van der Waals surface area contributed by atoms with Crippen LogP contribution in [0, 0.1) is 12.7 Å². The predicted molar refractivity (Wildman–Crippen MR) is 120 cm³/mol. The average molecular weight is 464 g/mol. The Morgan fingerprint density at radius 2 is 1.91 bits per heavy atom. The van der Waals surface area contributed by atoms with Crippen LogP contribution in [0.3, 0.4) is 0 Å². The quantitative estimate of drug-likeness (QED) is 0.390. The molecule has 12 heteroatoms. The van der Waals surface area contributed by atoms with Gasteiger partial charge in [-0.3, -0.25) is 4.21 Å². The molecule has 1 unspecified atom stereocenters. The normalized spacial score (nSPS) is 12.2. The number of nitrogens with one attached hydrogen (secondary N) is 1. The van der Waals surface area contributed by atoms with Gasteiger partial charge in [-0.1, -0.05) is 5.21 Å². The van der Waals surface area contributed by atoms with E-state index < -0.39 is 16.6 Å². The molecule has 166 valence electrons. The summed E-state index contributed by atoms with van der Waals surface area (Å²) in [5.74, 6) is 0.423. The molecule has 0 bridgehead atoms. The van der Waals surface area contributed by atoms with Gasteiger partial charge in [0.15, 0.2) is 22.9 Å². The largest absolute Gasteiger partial charge is 0.454 e. The van der Waals surface area contributed by atoms with Crippen molar-refractivity contribution in [3.8, 4) is 11.5 Å². The maximum Gasteiger partial charge on any atom is 0.218 e. The van der Waals surface area contributed by atoms with E-state index in [1.54, 1.807) is 31.3 Å². The summed E-state index contributed by atoms with van der Waals surface area (Å²) in [5, 5.41) is 11.1. The van der Waals surface area contributed by atoms with Gasteiger partial charge in [0.1, 0.15) is 23.1 Å². The molecule has 10 nitrogen and oxygen atoms in total. The van der Waals surface area contributed by atoms with Crippen LogP contribution in [-0.2, 0) is 17.8 Å². The summed E-state index contributed by atoms with van der Waals surface area (Å²) < 4.78 is 33.9. The summed E-state index contributed by atoms with van der Waals surface area (Å²) in [4.78, 5) is 16.8. The first-order chi connectivity index (χ1) is 15.9. The van der Waals surface area contributed by atoms with Crippen molar-refractivity contribution in [2.45, 2.75) is 12.1 Å². The molecule has 0 fully saturated rings. The zero-order chi connectivity index (χ0) is 23.1. The number of hydrogen-bond acceptors (Lipinski definition) is 9. The van der Waals surface area contributed by atoms with Gasteiger partial charge in [-0.2, -0.15) is 0 Å². The van der Waals surface area contributed by atoms with Crippen molar-refractivity contribution in [2.24, 2.45) is 7.05 Å². The lowest BCUT2D eigenvalue weighted by Crippen LogP contribution is -2.02. The second-order valence-corrected chi connectivity index (χ2v) is 8.50. The summed E-state index contributed by atoms with van der Waals surface area (Å²) in [6, 6.07) is 8.59. The highest BCUT2D eigenvalue weighted by molar-refractivity contribution is 7.84. The third-order valence-corrected chi connectivity index (χ3v) is 5.67. The number of anilines is 2. The third-order valence-electron chi connectivity index (χ3n) is 4.96. The fourth-order valence-corrected chi connectivity index (χ4v) is 3.72. The number of ether oxygens (including phenoxy) is 1. The van der Waals surface area contributed by atoms with Crippen LogP contribution in [0.1, 0.15) is 5.56 Å². The molecular formula is C21H17FN8O2S. The minimum Gasteiger partial charge on any atom is -0.454 e. The van der Waals surface area contributed by atoms with E-state index in [0.29, 0.717) is 33.8 Å². The van der Waals surface area contributed by atoms with Gasteiger partial charge in [0.05, 0.1) is 22.5 Å². The average Bonchev–Trinajstić information content (AvgIpc) is 3.18. The Morgan fingerprint density at radius 3 is 2.70 bits per heavy atom. The van der Waals surface area contributed by atoms with Crippen molar-refractivity contribution in [3.63, 3.8) is 0 Å². The molecule has 0 amide bonds. The smallest absolute Gasteiger partial charge is 0.218 e. The van der Waals surface area contributed by atoms with E-state index in [-0.39, 0.29) is 16.4 Å². The van der Waals surface area contributed by atoms with Crippen LogP contribution in [0.5, 0.6) is 11.5 Å². The van der Waals surface area contributed by atoms with Crippen molar-refractivity contribution in [1.82, 2.24) is 34.9 Å². The van der Waals surface area contributed by atoms with Crippen LogP contribution in [-0.4, -0.2) is 45.4 Å². The zero-order valence-corrected chi connectivity index (χ0v) is 18.6. The van der Waals surface area contributed by atoms with Crippen LogP contribution in [0.25, 0.3) is 22.1 Å². The Kier molecular flexibility index (Phi) is 5.13. The summed E-state index contributed by atoms with van der Waals surface area (Å²) in [6.45, 7) is 1.85. The van der Waals surface area contributed by atoms with E-state index in [0.717, 1.165) is 5.56 Å². The lowest BCUT2D eigenvalue weighted by atomic mass is 10.2. The van der Waals surface area contributed by atoms with Crippen molar-refractivity contribution >= 4 is 44.4 Å². The Balaban J connectivity index is 1.44. The number of aryl methyl sites for hydroxylation is 2. The molecule has 0 radical (unpaired) electrons. The fourth-order valence-electron chi connectivity index (χ4n) is 3.30. The lowest BCUT2D eigenvalue weighted by molar-refractivity contribution is 0.442. The van der Waals surface area contributed by atoms with Gasteiger partial charge in [-0.25, -0.2) is 29.0 Å². The second-order valence-electron chi connectivity index (χ2n) is 7.23. The Morgan fingerprint density at radius 1 is 1.09 bits per heavy atom. The molecule has 5 rings (SSSR count). The van der Waals surface area contributed by atoms with Crippen molar-refractivity contribution in [3.05, 3.63) is 54.2 Å². The first-order valence-corrected chi connectivity index (χ1v) is 11.3. The predicted octanol–water partition coefficient (Wildman–Crippen LogP) is 3.42. The van der Waals surface area contributed by atoms with Crippen LogP contribution in [0.4, 0.5) is 15.9 Å². The summed E-state index contributed by atoms with van der Waals surface area (Å²) in [5.41, 5.74) is 3.18. The molecule has 0 saturated heterocycles. The van der Waals surface area contributed by atoms with Gasteiger partial charge < -0.3 is 10.1 Å². The SMILES string of the molecule is Cc1cc(Nc2ncnc3cnc(S(C)=O)nc23)ccc1Oc1ccc2c(nnn2C)c1F. The number of hydrogen-bond donors (Lipinski definition) is 1. The highest BCUT2D eigenvalue weighted by Gasteiger charge is 2.15. The number of rotatable bonds is 5. The standard InChI is InChI=1S/C21H17FN8O2S/c1-11-8-12(26-20-18-13(24-10-25-20)9-23-21(27-18)33(3)31)4-6-15(11)32-16-7-5-14-19(17(16)22)28-29-30(14)2/h4-10H,1-3H3,(H,24,25,26). The van der Waals surface area contributed by atoms with Gasteiger partial charge in [0.2, 0.25) is 5.16 Å². The number of halogens is 1. The summed E-state index contributed by atoms with van der Waals surface area (Å²) in [6.07, 6.45) is 4.41. The first kappa shape index (κ1) is 20.8. The fraction of sp³-hybridized carbons (Fsp3) is 0.143. The molecule has 33 heavy (non-hydrogen) atoms. The maximum atomic E-state index is 14.8. The summed E-state index contributed by atoms with van der Waals surface area (Å²) >= 11 is 0. The highest BCUT2D eigenvalue weighted by atomic mass is 32.2. The van der Waals surface area contributed by atoms with E-state index in [1.807, 2.05) is 13.0 Å². The molecular weight excluding hydrogens is 447 g/mol. The molecule has 0 aliphatic heterocycles. The molecule has 3 heterocycles. The van der Waals surface area contributed by atoms with Crippen LogP contribution < -0.4 is 10.1 Å². The van der Waals surface area contributed by atoms with E-state index in [4.69, 9.17) is 4.74 Å². The maximum absolute atomic E-state index is 14.8. The molecule has 5 aromatic rings. The molecule has 1 atom stereocenters. The zero-order valence-electron chi connectivity index (χ0n) is 17.8. The number of aromatic nitrogens is 7. The van der Waals surface area contributed by atoms with E-state index >= 15 is 0 Å². The molecule has 1 N–H and O–H groups in total. The van der Waals surface area contributed by atoms with Crippen LogP contribution in [0.2, 0.25) is 0 Å². The minimum atomic E-state index is -1.34. The molecule has 0 spiro atoms. The summed E-state index contributed by atoms with van der Waals surface area (Å²) in [7, 11) is 0.357. The molecule has 0 aliphatic rings. The van der Waals surface area contributed by atoms with Gasteiger partial charge >= 0.3 is 0 Å². The number of fused-ring (bicyclic) bond motifs is 2. The van der Waals surface area contributed by atoms with E-state index in [9.17, 15) is 8.60 Å². The molecule has 2 aromatic carbocycles. The lowest BCUT2D eigenvalue weighted by Gasteiger charge is -2.13. The van der Waals surface area contributed by atoms with E-state index in [1.165, 1.54) is 23.5 Å². The molecule has 0 aliphatic carbocycles. The van der Waals surface area contributed by atoms with Gasteiger partial charge in [-0.05, 0) is 42.8 Å². The van der Waals surface area contributed by atoms with Crippen LogP contribution >= 0.6 is 0 Å². The van der Waals surface area contributed by atoms with Crippen LogP contribution in [0.15, 0.2) is 48.0 Å². The Bertz CT molecular complexity index is 1550. The van der Waals surface area contributed by atoms with Gasteiger partial charge in [-0.15, -0.1) is 5.10 Å². The Labute approximate surface area is 189 Å². The van der Waals surface area contributed by atoms with E-state index in [2.05, 4.69) is 35.6 Å². The molecule has 0 saturated carbocycles. The third kappa shape index (κ3) is 3.84. The first-order valence-electron chi connectivity index (χ1n) is 9.75. The van der Waals surface area contributed by atoms with Gasteiger partial charge in [0.25, 0.3) is 0 Å². The molecule has 3 aromatic heterocycles. The van der Waals surface area contributed by atoms with Crippen molar-refractivity contribution < 1.29 is 13.3 Å². The van der Waals surface area contributed by atoms with Gasteiger partial charge in [0, 0.05) is 19.0 Å². The highest BCUT2D eigenvalue weighted by Crippen LogP contribution is 2.32. The van der Waals surface area contributed by atoms with Crippen molar-refractivity contribution in [1.29, 1.82) is 0 Å². The number of benzene rings is 2. The monoisotopic (exact) mass is 464 g/mol. The topological polar surface area (TPSA) is 121 Å². The second kappa shape index (κ2) is 8.13. The number of nitrogens with zero attached hydrogens (tertiary/aromatic N) is 7. The Hall–Kier alpha value is -4.06.